The number of hydrogen-bond acceptors (Lipinski definition) is 11. The number of imide groups is 1. The monoisotopic (exact) mass is 791 g/mol. The third-order valence-corrected chi connectivity index (χ3v) is 12.3. The fourth-order valence-corrected chi connectivity index (χ4v) is 8.90. The molecule has 1 aliphatic carbocycles. The minimum Gasteiger partial charge on any atom is -0.490 e. The summed E-state index contributed by atoms with van der Waals surface area (Å²) in [5, 5.41) is 24.0. The number of hydrogen-bond donors (Lipinski definition) is 2. The highest BCUT2D eigenvalue weighted by atomic mass is 35.5. The zero-order valence-electron chi connectivity index (χ0n) is 31.8. The molecule has 15 heteroatoms. The van der Waals surface area contributed by atoms with Gasteiger partial charge in [-0.2, -0.15) is 5.26 Å². The Labute approximate surface area is 336 Å². The number of allylic oxidation sites excluding steroid dienone is 1. The van der Waals surface area contributed by atoms with E-state index in [1.165, 1.54) is 0 Å². The largest absolute Gasteiger partial charge is 0.490 e. The van der Waals surface area contributed by atoms with E-state index in [9.17, 15) is 19.2 Å². The summed E-state index contributed by atoms with van der Waals surface area (Å²) in [6.45, 7) is 10.0. The summed E-state index contributed by atoms with van der Waals surface area (Å²) in [6.07, 6.45) is 6.19. The molecule has 0 radical (unpaired) electrons. The van der Waals surface area contributed by atoms with Crippen LogP contribution in [0.15, 0.2) is 60.8 Å². The lowest BCUT2D eigenvalue weighted by atomic mass is 9.93. The molecule has 296 valence electrons. The van der Waals surface area contributed by atoms with E-state index < -0.39 is 17.9 Å². The molecular weight excluding hydrogens is 746 g/mol. The topological polar surface area (TPSA) is 164 Å². The number of nitrogens with zero attached hydrogens (tertiary/aromatic N) is 7. The number of nitriles is 1. The highest BCUT2D eigenvalue weighted by Crippen LogP contribution is 2.32. The summed E-state index contributed by atoms with van der Waals surface area (Å²) in [5.74, 6) is 0.584. The maximum Gasteiger partial charge on any atom is 0.272 e. The molecule has 1 saturated carbocycles. The van der Waals surface area contributed by atoms with Crippen LogP contribution in [0.5, 0.6) is 5.75 Å². The summed E-state index contributed by atoms with van der Waals surface area (Å²) < 4.78 is 6.08. The second kappa shape index (κ2) is 16.5. The van der Waals surface area contributed by atoms with Gasteiger partial charge in [-0.1, -0.05) is 18.2 Å². The summed E-state index contributed by atoms with van der Waals surface area (Å²) in [4.78, 5) is 60.2. The second-order valence-corrected chi connectivity index (χ2v) is 16.1. The molecule has 8 rings (SSSR count). The number of aromatic nitrogens is 2. The molecule has 1 atom stereocenters. The molecule has 5 heterocycles. The van der Waals surface area contributed by atoms with E-state index in [-0.39, 0.29) is 24.0 Å². The number of nitrogens with one attached hydrogen (secondary N) is 2. The van der Waals surface area contributed by atoms with Gasteiger partial charge in [0.25, 0.3) is 17.7 Å². The minimum absolute atomic E-state index is 0.0231. The van der Waals surface area contributed by atoms with Crippen LogP contribution in [-0.4, -0.2) is 108 Å². The van der Waals surface area contributed by atoms with Crippen molar-refractivity contribution in [3.8, 4) is 11.8 Å². The van der Waals surface area contributed by atoms with Gasteiger partial charge in [0.05, 0.1) is 27.8 Å². The van der Waals surface area contributed by atoms with Gasteiger partial charge in [-0.05, 0) is 99.7 Å². The molecule has 4 amide bonds. The normalized spacial score (nSPS) is 23.2. The minimum atomic E-state index is -0.817. The summed E-state index contributed by atoms with van der Waals surface area (Å²) in [5.41, 5.74) is 2.95. The Kier molecular flexibility index (Phi) is 11.1. The van der Waals surface area contributed by atoms with Crippen molar-refractivity contribution in [1.29, 1.82) is 5.26 Å². The van der Waals surface area contributed by atoms with E-state index >= 15 is 0 Å². The van der Waals surface area contributed by atoms with Crippen molar-refractivity contribution in [2.24, 2.45) is 5.92 Å². The standard InChI is InChI=1S/C42H46ClN9O5/c1-26-2-12-37(40(54)45-26)52-41(55)33-10-6-30(22-34(33)42(52)56)50-20-18-49(19-21-50)25-27-14-16-51(17-15-27)38-13-11-36(47-48-38)39(53)46-29-4-8-31(9-5-29)57-32-7-3-28(24-44)35(43)23-32/h3,6-7,10-11,13,22-23,27,29,31,37H,1-2,4-5,8-9,12,14-21,25H2,(H,45,54)(H,46,53). The van der Waals surface area contributed by atoms with Crippen LogP contribution in [0.25, 0.3) is 0 Å². The van der Waals surface area contributed by atoms with Crippen molar-refractivity contribution in [3.63, 3.8) is 0 Å². The van der Waals surface area contributed by atoms with Crippen LogP contribution in [0.1, 0.15) is 88.1 Å². The smallest absolute Gasteiger partial charge is 0.272 e. The molecule has 4 aliphatic heterocycles. The van der Waals surface area contributed by atoms with Crippen LogP contribution in [-0.2, 0) is 4.79 Å². The van der Waals surface area contributed by atoms with Gasteiger partial charge in [0.2, 0.25) is 5.91 Å². The lowest BCUT2D eigenvalue weighted by molar-refractivity contribution is -0.125. The maximum atomic E-state index is 13.4. The number of piperazine rings is 1. The number of carbonyl (C=O) groups excluding carboxylic acids is 4. The number of carbonyl (C=O) groups is 4. The van der Waals surface area contributed by atoms with Gasteiger partial charge < -0.3 is 25.2 Å². The molecule has 5 aliphatic rings. The molecular formula is C42H46ClN9O5. The number of amides is 4. The van der Waals surface area contributed by atoms with E-state index in [2.05, 4.69) is 48.2 Å². The molecule has 57 heavy (non-hydrogen) atoms. The Morgan fingerprint density at radius 2 is 1.63 bits per heavy atom. The first kappa shape index (κ1) is 38.4. The van der Waals surface area contributed by atoms with Gasteiger partial charge in [0.1, 0.15) is 17.9 Å². The van der Waals surface area contributed by atoms with Gasteiger partial charge in [-0.3, -0.25) is 29.0 Å². The Morgan fingerprint density at radius 1 is 0.877 bits per heavy atom. The fraction of sp³-hybridized carbons (Fsp3) is 0.452. The molecule has 2 aromatic carbocycles. The van der Waals surface area contributed by atoms with Gasteiger partial charge in [0, 0.05) is 69.3 Å². The third kappa shape index (κ3) is 8.31. The fourth-order valence-electron chi connectivity index (χ4n) is 8.69. The number of piperidine rings is 2. The Morgan fingerprint density at radius 3 is 2.32 bits per heavy atom. The van der Waals surface area contributed by atoms with E-state index in [4.69, 9.17) is 21.6 Å². The Hall–Kier alpha value is -5.52. The van der Waals surface area contributed by atoms with Crippen molar-refractivity contribution in [2.45, 2.75) is 69.6 Å². The molecule has 2 N–H and O–H groups in total. The Balaban J connectivity index is 0.753. The zero-order valence-corrected chi connectivity index (χ0v) is 32.5. The quantitative estimate of drug-likeness (QED) is 0.293. The number of rotatable bonds is 9. The maximum absolute atomic E-state index is 13.4. The molecule has 3 aromatic rings. The zero-order chi connectivity index (χ0) is 39.6. The predicted octanol–water partition coefficient (Wildman–Crippen LogP) is 4.55. The lowest BCUT2D eigenvalue weighted by Crippen LogP contribution is -2.51. The summed E-state index contributed by atoms with van der Waals surface area (Å²) >= 11 is 6.15. The summed E-state index contributed by atoms with van der Waals surface area (Å²) in [7, 11) is 0. The number of benzene rings is 2. The molecule has 1 unspecified atom stereocenters. The first-order chi connectivity index (χ1) is 27.6. The highest BCUT2D eigenvalue weighted by Gasteiger charge is 2.44. The van der Waals surface area contributed by atoms with Crippen LogP contribution in [0.4, 0.5) is 11.5 Å². The van der Waals surface area contributed by atoms with E-state index in [0.29, 0.717) is 57.6 Å². The number of anilines is 2. The van der Waals surface area contributed by atoms with Crippen LogP contribution in [0, 0.1) is 17.2 Å². The molecule has 3 saturated heterocycles. The number of halogens is 1. The van der Waals surface area contributed by atoms with Crippen molar-refractivity contribution < 1.29 is 23.9 Å². The first-order valence-corrected chi connectivity index (χ1v) is 20.2. The van der Waals surface area contributed by atoms with Crippen molar-refractivity contribution >= 4 is 46.7 Å². The van der Waals surface area contributed by atoms with E-state index in [1.54, 1.807) is 30.3 Å². The average molecular weight is 792 g/mol. The second-order valence-electron chi connectivity index (χ2n) is 15.7. The van der Waals surface area contributed by atoms with Crippen LogP contribution < -0.4 is 25.2 Å². The first-order valence-electron chi connectivity index (χ1n) is 19.9. The lowest BCUT2D eigenvalue weighted by Gasteiger charge is -2.39. The van der Waals surface area contributed by atoms with E-state index in [1.807, 2.05) is 18.2 Å². The van der Waals surface area contributed by atoms with Crippen LogP contribution in [0.2, 0.25) is 5.02 Å². The molecule has 1 aromatic heterocycles. The van der Waals surface area contributed by atoms with Gasteiger partial charge in [-0.25, -0.2) is 0 Å². The van der Waals surface area contributed by atoms with Crippen molar-refractivity contribution in [3.05, 3.63) is 88.2 Å². The van der Waals surface area contributed by atoms with Crippen LogP contribution >= 0.6 is 11.6 Å². The molecule has 0 bridgehead atoms. The molecule has 14 nitrogen and oxygen atoms in total. The number of fused-ring (bicyclic) bond motifs is 1. The van der Waals surface area contributed by atoms with Crippen molar-refractivity contribution in [1.82, 2.24) is 30.6 Å². The van der Waals surface area contributed by atoms with E-state index in [0.717, 1.165) is 101 Å². The summed E-state index contributed by atoms with van der Waals surface area (Å²) in [6, 6.07) is 15.4. The highest BCUT2D eigenvalue weighted by molar-refractivity contribution is 6.31. The Bertz CT molecular complexity index is 2100. The van der Waals surface area contributed by atoms with Crippen LogP contribution in [0.3, 0.4) is 0 Å². The number of ether oxygens (including phenoxy) is 1. The van der Waals surface area contributed by atoms with Crippen molar-refractivity contribution in [2.75, 3.05) is 55.6 Å². The average Bonchev–Trinajstić information content (AvgIpc) is 3.47. The molecule has 0 spiro atoms. The molecule has 4 fully saturated rings. The van der Waals surface area contributed by atoms with Gasteiger partial charge >= 0.3 is 0 Å². The third-order valence-electron chi connectivity index (χ3n) is 12.0. The van der Waals surface area contributed by atoms with Gasteiger partial charge in [0.15, 0.2) is 11.5 Å². The van der Waals surface area contributed by atoms with Gasteiger partial charge in [-0.15, -0.1) is 10.2 Å². The SMILES string of the molecule is C=C1CCC(N2C(=O)c3ccc(N4CCN(CC5CCN(c6ccc(C(=O)NC7CCC(Oc8ccc(C#N)c(Cl)c8)CC7)nn6)CC5)CC4)cc3C2=O)C(=O)N1. The predicted molar refractivity (Wildman–Crippen MR) is 213 cm³/mol.